The Morgan fingerprint density at radius 1 is 1.18 bits per heavy atom. The standard InChI is InChI=1S/C26H28N4O4/c1-26(17-9-10-17)24(32)30(25(33)29-26)15-23(31)28-13-20(16-7-11-18(34-2)12-8-16)21-14-27-22-6-4-3-5-19(21)22/h3-8,11-12,14,17,20,27H,9-10,13,15H2,1-2H3,(H,28,31)(H,29,33)/t20-,26+/m1/s1. The van der Waals surface area contributed by atoms with Crippen molar-refractivity contribution in [3.05, 3.63) is 65.9 Å². The number of urea groups is 1. The summed E-state index contributed by atoms with van der Waals surface area (Å²) in [6.07, 6.45) is 3.79. The first-order valence-corrected chi connectivity index (χ1v) is 11.5. The number of para-hydroxylation sites is 1. The molecule has 3 aromatic rings. The van der Waals surface area contributed by atoms with Gasteiger partial charge in [0.15, 0.2) is 0 Å². The molecule has 1 aliphatic heterocycles. The number of hydrogen-bond acceptors (Lipinski definition) is 4. The largest absolute Gasteiger partial charge is 0.497 e. The van der Waals surface area contributed by atoms with Crippen molar-refractivity contribution < 1.29 is 19.1 Å². The molecule has 0 unspecified atom stereocenters. The van der Waals surface area contributed by atoms with Crippen LogP contribution in [0, 0.1) is 5.92 Å². The molecule has 1 aromatic heterocycles. The van der Waals surface area contributed by atoms with Gasteiger partial charge < -0.3 is 20.4 Å². The lowest BCUT2D eigenvalue weighted by molar-refractivity contribution is -0.135. The van der Waals surface area contributed by atoms with E-state index < -0.39 is 11.6 Å². The normalized spacial score (nSPS) is 20.9. The summed E-state index contributed by atoms with van der Waals surface area (Å²) >= 11 is 0. The molecule has 1 saturated carbocycles. The van der Waals surface area contributed by atoms with E-state index in [0.717, 1.165) is 45.5 Å². The van der Waals surface area contributed by atoms with Crippen molar-refractivity contribution in [2.24, 2.45) is 5.92 Å². The van der Waals surface area contributed by atoms with E-state index in [1.807, 2.05) is 54.7 Å². The smallest absolute Gasteiger partial charge is 0.325 e. The van der Waals surface area contributed by atoms with E-state index in [4.69, 9.17) is 4.74 Å². The lowest BCUT2D eigenvalue weighted by atomic mass is 9.90. The highest BCUT2D eigenvalue weighted by molar-refractivity contribution is 6.09. The topological polar surface area (TPSA) is 104 Å². The number of methoxy groups -OCH3 is 1. The van der Waals surface area contributed by atoms with E-state index in [1.54, 1.807) is 14.0 Å². The maximum absolute atomic E-state index is 12.9. The van der Waals surface area contributed by atoms with E-state index in [0.29, 0.717) is 6.54 Å². The molecule has 0 radical (unpaired) electrons. The van der Waals surface area contributed by atoms with E-state index in [1.165, 1.54) is 0 Å². The zero-order valence-electron chi connectivity index (χ0n) is 19.3. The van der Waals surface area contributed by atoms with Gasteiger partial charge in [0.05, 0.1) is 7.11 Å². The molecule has 8 heteroatoms. The summed E-state index contributed by atoms with van der Waals surface area (Å²) in [4.78, 5) is 42.4. The van der Waals surface area contributed by atoms with Crippen LogP contribution in [0.4, 0.5) is 4.79 Å². The first-order valence-electron chi connectivity index (χ1n) is 11.5. The fourth-order valence-corrected chi connectivity index (χ4v) is 4.84. The molecule has 8 nitrogen and oxygen atoms in total. The molecule has 2 aromatic carbocycles. The number of fused-ring (bicyclic) bond motifs is 1. The number of hydrogen-bond donors (Lipinski definition) is 3. The number of carbonyl (C=O) groups excluding carboxylic acids is 3. The lowest BCUT2D eigenvalue weighted by Gasteiger charge is -2.21. The van der Waals surface area contributed by atoms with Crippen molar-refractivity contribution in [1.29, 1.82) is 0 Å². The molecule has 0 bridgehead atoms. The quantitative estimate of drug-likeness (QED) is 0.449. The molecule has 2 atom stereocenters. The van der Waals surface area contributed by atoms with Crippen LogP contribution in [0.2, 0.25) is 0 Å². The molecule has 3 N–H and O–H groups in total. The third-order valence-electron chi connectivity index (χ3n) is 7.01. The van der Waals surface area contributed by atoms with Crippen LogP contribution in [-0.2, 0) is 9.59 Å². The molecule has 4 amide bonds. The number of ether oxygens (including phenoxy) is 1. The van der Waals surface area contributed by atoms with Gasteiger partial charge in [0, 0.05) is 29.6 Å². The van der Waals surface area contributed by atoms with Crippen molar-refractivity contribution in [2.45, 2.75) is 31.2 Å². The Bertz CT molecular complexity index is 1250. The maximum Gasteiger partial charge on any atom is 0.325 e. The number of carbonyl (C=O) groups is 3. The summed E-state index contributed by atoms with van der Waals surface area (Å²) in [5.74, 6) is 0.0762. The van der Waals surface area contributed by atoms with Crippen LogP contribution >= 0.6 is 0 Å². The minimum atomic E-state index is -0.896. The Labute approximate surface area is 197 Å². The first-order chi connectivity index (χ1) is 16.4. The third kappa shape index (κ3) is 3.89. The Kier molecular flexibility index (Phi) is 5.51. The number of aromatic nitrogens is 1. The van der Waals surface area contributed by atoms with Gasteiger partial charge in [-0.2, -0.15) is 0 Å². The number of aromatic amines is 1. The van der Waals surface area contributed by atoms with Crippen LogP contribution in [0.25, 0.3) is 10.9 Å². The van der Waals surface area contributed by atoms with Crippen LogP contribution in [-0.4, -0.2) is 53.5 Å². The van der Waals surface area contributed by atoms with Crippen molar-refractivity contribution >= 4 is 28.7 Å². The van der Waals surface area contributed by atoms with E-state index >= 15 is 0 Å². The minimum Gasteiger partial charge on any atom is -0.497 e. The first kappa shape index (κ1) is 22.0. The Morgan fingerprint density at radius 2 is 1.91 bits per heavy atom. The molecule has 34 heavy (non-hydrogen) atoms. The zero-order chi connectivity index (χ0) is 23.9. The highest BCUT2D eigenvalue weighted by Crippen LogP contribution is 2.42. The number of imide groups is 1. The average Bonchev–Trinajstić information content (AvgIpc) is 3.59. The van der Waals surface area contributed by atoms with Crippen LogP contribution in [0.1, 0.15) is 36.8 Å². The lowest BCUT2D eigenvalue weighted by Crippen LogP contribution is -2.47. The molecule has 1 aliphatic carbocycles. The zero-order valence-corrected chi connectivity index (χ0v) is 19.3. The highest BCUT2D eigenvalue weighted by atomic mass is 16.5. The summed E-state index contributed by atoms with van der Waals surface area (Å²) in [5, 5.41) is 6.80. The molecule has 176 valence electrons. The summed E-state index contributed by atoms with van der Waals surface area (Å²) in [6.45, 7) is 1.77. The van der Waals surface area contributed by atoms with Crippen molar-refractivity contribution in [3.8, 4) is 5.75 Å². The van der Waals surface area contributed by atoms with Crippen LogP contribution in [0.3, 0.4) is 0 Å². The van der Waals surface area contributed by atoms with Crippen LogP contribution < -0.4 is 15.4 Å². The van der Waals surface area contributed by atoms with Gasteiger partial charge in [-0.05, 0) is 55.0 Å². The number of nitrogens with one attached hydrogen (secondary N) is 3. The monoisotopic (exact) mass is 460 g/mol. The number of H-pyrrole nitrogens is 1. The van der Waals surface area contributed by atoms with E-state index in [-0.39, 0.29) is 30.2 Å². The second kappa shape index (κ2) is 8.52. The fraction of sp³-hybridized carbons (Fsp3) is 0.346. The van der Waals surface area contributed by atoms with Gasteiger partial charge in [0.2, 0.25) is 5.91 Å². The predicted molar refractivity (Wildman–Crippen MR) is 128 cm³/mol. The number of nitrogens with zero attached hydrogens (tertiary/aromatic N) is 1. The second-order valence-electron chi connectivity index (χ2n) is 9.22. The van der Waals surface area contributed by atoms with E-state index in [2.05, 4.69) is 15.6 Å². The molecule has 2 fully saturated rings. The Morgan fingerprint density at radius 3 is 2.62 bits per heavy atom. The molecule has 2 aliphatic rings. The molecular weight excluding hydrogens is 432 g/mol. The van der Waals surface area contributed by atoms with Gasteiger partial charge in [-0.3, -0.25) is 14.5 Å². The van der Waals surface area contributed by atoms with Crippen molar-refractivity contribution in [3.63, 3.8) is 0 Å². The van der Waals surface area contributed by atoms with Gasteiger partial charge in [-0.15, -0.1) is 0 Å². The summed E-state index contributed by atoms with van der Waals surface area (Å²) in [6, 6.07) is 15.3. The minimum absolute atomic E-state index is 0.133. The van der Waals surface area contributed by atoms with Crippen molar-refractivity contribution in [2.75, 3.05) is 20.2 Å². The predicted octanol–water partition coefficient (Wildman–Crippen LogP) is 3.15. The van der Waals surface area contributed by atoms with Gasteiger partial charge in [-0.1, -0.05) is 30.3 Å². The summed E-state index contributed by atoms with van der Waals surface area (Å²) in [7, 11) is 1.62. The van der Waals surface area contributed by atoms with E-state index in [9.17, 15) is 14.4 Å². The number of amides is 4. The van der Waals surface area contributed by atoms with Gasteiger partial charge in [0.25, 0.3) is 5.91 Å². The number of rotatable bonds is 8. The molecule has 2 heterocycles. The molecule has 5 rings (SSSR count). The van der Waals surface area contributed by atoms with Gasteiger partial charge in [0.1, 0.15) is 17.8 Å². The average molecular weight is 461 g/mol. The fourth-order valence-electron chi connectivity index (χ4n) is 4.84. The summed E-state index contributed by atoms with van der Waals surface area (Å²) in [5.41, 5.74) is 2.19. The number of benzene rings is 2. The Hall–Kier alpha value is -3.81. The van der Waals surface area contributed by atoms with Gasteiger partial charge in [-0.25, -0.2) is 4.79 Å². The highest BCUT2D eigenvalue weighted by Gasteiger charge is 2.56. The molecule has 1 saturated heterocycles. The Balaban J connectivity index is 1.34. The van der Waals surface area contributed by atoms with Gasteiger partial charge >= 0.3 is 6.03 Å². The molecule has 0 spiro atoms. The maximum atomic E-state index is 12.9. The second-order valence-corrected chi connectivity index (χ2v) is 9.22. The summed E-state index contributed by atoms with van der Waals surface area (Å²) < 4.78 is 5.29. The third-order valence-corrected chi connectivity index (χ3v) is 7.01. The molecular formula is C26H28N4O4. The van der Waals surface area contributed by atoms with Crippen molar-refractivity contribution in [1.82, 2.24) is 20.5 Å². The van der Waals surface area contributed by atoms with Crippen LogP contribution in [0.15, 0.2) is 54.7 Å². The van der Waals surface area contributed by atoms with Crippen LogP contribution in [0.5, 0.6) is 5.75 Å². The SMILES string of the molecule is COc1ccc([C@@H](CNC(=O)CN2C(=O)N[C@@](C)(C3CC3)C2=O)c2c[nH]c3ccccc23)cc1.